The molecule has 16 heavy (non-hydrogen) atoms. The molecule has 1 aliphatic rings. The molecule has 2 N–H and O–H groups in total. The Kier molecular flexibility index (Phi) is 3.05. The largest absolute Gasteiger partial charge is 0.503 e. The number of benzene rings is 1. The summed E-state index contributed by atoms with van der Waals surface area (Å²) < 4.78 is 39.2. The lowest BCUT2D eigenvalue weighted by Crippen LogP contribution is -2.24. The first kappa shape index (κ1) is 11.3. The van der Waals surface area contributed by atoms with Crippen molar-refractivity contribution in [3.8, 4) is 5.75 Å². The maximum absolute atomic E-state index is 13.4. The predicted molar refractivity (Wildman–Crippen MR) is 52.7 cm³/mol. The third-order valence-electron chi connectivity index (χ3n) is 2.84. The van der Waals surface area contributed by atoms with Gasteiger partial charge in [-0.1, -0.05) is 0 Å². The fourth-order valence-electron chi connectivity index (χ4n) is 1.99. The average molecular weight is 231 g/mol. The number of rotatable bonds is 2. The Morgan fingerprint density at radius 2 is 2.06 bits per heavy atom. The SMILES string of the molecule is Oc1c(F)c(F)cc(CC2CCCN2)c1F. The van der Waals surface area contributed by atoms with Crippen molar-refractivity contribution in [3.63, 3.8) is 0 Å². The van der Waals surface area contributed by atoms with Crippen LogP contribution in [-0.2, 0) is 6.42 Å². The van der Waals surface area contributed by atoms with E-state index < -0.39 is 23.2 Å². The Morgan fingerprint density at radius 1 is 1.31 bits per heavy atom. The molecular formula is C11H12F3NO. The standard InChI is InChI=1S/C11H12F3NO/c12-8-5-6(4-7-2-1-3-15-7)9(13)11(16)10(8)14/h5,7,15-16H,1-4H2. The van der Waals surface area contributed by atoms with Gasteiger partial charge in [-0.15, -0.1) is 0 Å². The van der Waals surface area contributed by atoms with Crippen molar-refractivity contribution in [3.05, 3.63) is 29.1 Å². The van der Waals surface area contributed by atoms with Crippen molar-refractivity contribution in [1.29, 1.82) is 0 Å². The first-order valence-electron chi connectivity index (χ1n) is 5.18. The number of hydrogen-bond acceptors (Lipinski definition) is 2. The van der Waals surface area contributed by atoms with Gasteiger partial charge in [0, 0.05) is 6.04 Å². The number of phenolic OH excluding ortho intramolecular Hbond substituents is 1. The highest BCUT2D eigenvalue weighted by molar-refractivity contribution is 5.33. The van der Waals surface area contributed by atoms with Gasteiger partial charge < -0.3 is 10.4 Å². The molecule has 1 heterocycles. The first-order valence-corrected chi connectivity index (χ1v) is 5.18. The highest BCUT2D eigenvalue weighted by Crippen LogP contribution is 2.27. The van der Waals surface area contributed by atoms with Gasteiger partial charge in [-0.05, 0) is 37.4 Å². The summed E-state index contributed by atoms with van der Waals surface area (Å²) in [6.07, 6.45) is 2.12. The molecule has 0 bridgehead atoms. The lowest BCUT2D eigenvalue weighted by Gasteiger charge is -2.12. The average Bonchev–Trinajstić information content (AvgIpc) is 2.76. The molecule has 5 heteroatoms. The molecule has 0 spiro atoms. The summed E-state index contributed by atoms with van der Waals surface area (Å²) in [5.41, 5.74) is 0.0100. The number of nitrogens with one attached hydrogen (secondary N) is 1. The third kappa shape index (κ3) is 2.00. The van der Waals surface area contributed by atoms with E-state index in [4.69, 9.17) is 5.11 Å². The Labute approximate surface area is 91.1 Å². The van der Waals surface area contributed by atoms with Crippen molar-refractivity contribution in [2.75, 3.05) is 6.54 Å². The molecule has 1 aromatic carbocycles. The second kappa shape index (κ2) is 4.33. The molecule has 1 aliphatic heterocycles. The van der Waals surface area contributed by atoms with Gasteiger partial charge in [-0.3, -0.25) is 0 Å². The van der Waals surface area contributed by atoms with Crippen LogP contribution < -0.4 is 5.32 Å². The van der Waals surface area contributed by atoms with Crippen LogP contribution in [0.1, 0.15) is 18.4 Å². The molecule has 2 rings (SSSR count). The third-order valence-corrected chi connectivity index (χ3v) is 2.84. The first-order chi connectivity index (χ1) is 7.59. The van der Waals surface area contributed by atoms with E-state index in [-0.39, 0.29) is 18.0 Å². The van der Waals surface area contributed by atoms with E-state index in [1.165, 1.54) is 0 Å². The highest BCUT2D eigenvalue weighted by Gasteiger charge is 2.21. The molecule has 1 fully saturated rings. The molecule has 0 radical (unpaired) electrons. The zero-order valence-corrected chi connectivity index (χ0v) is 8.56. The van der Waals surface area contributed by atoms with Gasteiger partial charge in [0.2, 0.25) is 5.82 Å². The number of halogens is 3. The van der Waals surface area contributed by atoms with E-state index in [1.807, 2.05) is 0 Å². The number of phenols is 1. The zero-order chi connectivity index (χ0) is 11.7. The van der Waals surface area contributed by atoms with Crippen molar-refractivity contribution in [2.45, 2.75) is 25.3 Å². The van der Waals surface area contributed by atoms with E-state index in [1.54, 1.807) is 0 Å². The van der Waals surface area contributed by atoms with Gasteiger partial charge in [0.1, 0.15) is 0 Å². The van der Waals surface area contributed by atoms with E-state index in [9.17, 15) is 13.2 Å². The predicted octanol–water partition coefficient (Wildman–Crippen LogP) is 2.10. The van der Waals surface area contributed by atoms with Crippen LogP contribution in [0, 0.1) is 17.5 Å². The number of hydrogen-bond donors (Lipinski definition) is 2. The van der Waals surface area contributed by atoms with Gasteiger partial charge in [0.05, 0.1) is 0 Å². The topological polar surface area (TPSA) is 32.3 Å². The molecule has 1 saturated heterocycles. The Hall–Kier alpha value is -1.23. The fourth-order valence-corrected chi connectivity index (χ4v) is 1.99. The van der Waals surface area contributed by atoms with Crippen molar-refractivity contribution >= 4 is 0 Å². The molecule has 88 valence electrons. The van der Waals surface area contributed by atoms with Crippen LogP contribution in [0.4, 0.5) is 13.2 Å². The van der Waals surface area contributed by atoms with E-state index >= 15 is 0 Å². The van der Waals surface area contributed by atoms with Gasteiger partial charge in [0.25, 0.3) is 0 Å². The molecule has 1 aromatic rings. The van der Waals surface area contributed by atoms with Crippen LogP contribution in [-0.4, -0.2) is 17.7 Å². The molecule has 0 amide bonds. The molecular weight excluding hydrogens is 219 g/mol. The normalized spacial score (nSPS) is 20.3. The van der Waals surface area contributed by atoms with Crippen LogP contribution in [0.5, 0.6) is 5.75 Å². The maximum atomic E-state index is 13.4. The summed E-state index contributed by atoms with van der Waals surface area (Å²) in [6, 6.07) is 0.878. The molecule has 2 nitrogen and oxygen atoms in total. The molecule has 0 aliphatic carbocycles. The second-order valence-electron chi connectivity index (χ2n) is 3.99. The lowest BCUT2D eigenvalue weighted by atomic mass is 10.0. The number of aromatic hydroxyl groups is 1. The van der Waals surface area contributed by atoms with Gasteiger partial charge in [0.15, 0.2) is 17.4 Å². The maximum Gasteiger partial charge on any atom is 0.203 e. The fraction of sp³-hybridized carbons (Fsp3) is 0.455. The van der Waals surface area contributed by atoms with Crippen LogP contribution in [0.25, 0.3) is 0 Å². The second-order valence-corrected chi connectivity index (χ2v) is 3.99. The van der Waals surface area contributed by atoms with Crippen molar-refractivity contribution in [1.82, 2.24) is 5.32 Å². The van der Waals surface area contributed by atoms with E-state index in [0.29, 0.717) is 0 Å². The van der Waals surface area contributed by atoms with E-state index in [0.717, 1.165) is 25.5 Å². The summed E-state index contributed by atoms with van der Waals surface area (Å²) in [7, 11) is 0. The van der Waals surface area contributed by atoms with Crippen LogP contribution in [0.15, 0.2) is 6.07 Å². The summed E-state index contributed by atoms with van der Waals surface area (Å²) in [6.45, 7) is 0.849. The van der Waals surface area contributed by atoms with E-state index in [2.05, 4.69) is 5.32 Å². The summed E-state index contributed by atoms with van der Waals surface area (Å²) in [4.78, 5) is 0. The molecule has 1 unspecified atom stereocenters. The van der Waals surface area contributed by atoms with Crippen LogP contribution in [0.3, 0.4) is 0 Å². The summed E-state index contributed by atoms with van der Waals surface area (Å²) in [5.74, 6) is -5.03. The molecule has 0 saturated carbocycles. The zero-order valence-electron chi connectivity index (χ0n) is 8.56. The smallest absolute Gasteiger partial charge is 0.203 e. The van der Waals surface area contributed by atoms with Gasteiger partial charge in [-0.25, -0.2) is 8.78 Å². The Bertz CT molecular complexity index is 403. The summed E-state index contributed by atoms with van der Waals surface area (Å²) >= 11 is 0. The van der Waals surface area contributed by atoms with Crippen molar-refractivity contribution in [2.24, 2.45) is 0 Å². The summed E-state index contributed by atoms with van der Waals surface area (Å²) in [5, 5.41) is 12.2. The van der Waals surface area contributed by atoms with Crippen molar-refractivity contribution < 1.29 is 18.3 Å². The highest BCUT2D eigenvalue weighted by atomic mass is 19.2. The Morgan fingerprint density at radius 3 is 2.69 bits per heavy atom. The minimum absolute atomic E-state index is 0.0100. The molecule has 0 aromatic heterocycles. The quantitative estimate of drug-likeness (QED) is 0.764. The van der Waals surface area contributed by atoms with Crippen LogP contribution >= 0.6 is 0 Å². The monoisotopic (exact) mass is 231 g/mol. The minimum Gasteiger partial charge on any atom is -0.503 e. The Balaban J connectivity index is 2.26. The lowest BCUT2D eigenvalue weighted by molar-refractivity contribution is 0.371. The van der Waals surface area contributed by atoms with Gasteiger partial charge >= 0.3 is 0 Å². The van der Waals surface area contributed by atoms with Gasteiger partial charge in [-0.2, -0.15) is 4.39 Å². The molecule has 1 atom stereocenters. The van der Waals surface area contributed by atoms with Crippen LogP contribution in [0.2, 0.25) is 0 Å². The minimum atomic E-state index is -1.53.